The van der Waals surface area contributed by atoms with E-state index >= 15 is 0 Å². The van der Waals surface area contributed by atoms with Crippen molar-refractivity contribution in [1.29, 1.82) is 0 Å². The molecule has 1 aromatic rings. The van der Waals surface area contributed by atoms with E-state index in [1.54, 1.807) is 13.8 Å². The summed E-state index contributed by atoms with van der Waals surface area (Å²) in [4.78, 5) is 25.4. The van der Waals surface area contributed by atoms with Gasteiger partial charge < -0.3 is 9.16 Å². The number of hydrogen-bond acceptors (Lipinski definition) is 4. The molecule has 0 aliphatic carbocycles. The summed E-state index contributed by atoms with van der Waals surface area (Å²) in [5.74, 6) is -0.551. The smallest absolute Gasteiger partial charge is 0.192 e. The molecule has 0 aliphatic heterocycles. The molecule has 0 saturated carbocycles. The third-order valence-electron chi connectivity index (χ3n) is 6.69. The van der Waals surface area contributed by atoms with Crippen molar-refractivity contribution in [3.05, 3.63) is 35.9 Å². The van der Waals surface area contributed by atoms with E-state index in [0.717, 1.165) is 5.56 Å². The molecule has 30 heavy (non-hydrogen) atoms. The zero-order valence-corrected chi connectivity index (χ0v) is 21.7. The Balaban J connectivity index is 3.04. The summed E-state index contributed by atoms with van der Waals surface area (Å²) >= 11 is 0. The van der Waals surface area contributed by atoms with E-state index in [1.807, 2.05) is 37.3 Å². The second-order valence-electron chi connectivity index (χ2n) is 10.7. The highest BCUT2D eigenvalue weighted by molar-refractivity contribution is 6.74. The van der Waals surface area contributed by atoms with Gasteiger partial charge in [-0.1, -0.05) is 65.0 Å². The molecule has 0 radical (unpaired) electrons. The van der Waals surface area contributed by atoms with Crippen molar-refractivity contribution >= 4 is 19.9 Å². The van der Waals surface area contributed by atoms with E-state index in [4.69, 9.17) is 9.16 Å². The SMILES string of the molecule is CC(=O)C(C)(C)C(=O)C(C)C(O[Si](C)(C)C(C)(C)C)C(C)COCc1ccccc1. The zero-order chi connectivity index (χ0) is 23.3. The number of ether oxygens (including phenoxy) is 1. The van der Waals surface area contributed by atoms with Gasteiger partial charge in [0.15, 0.2) is 14.1 Å². The van der Waals surface area contributed by atoms with Crippen molar-refractivity contribution in [3.63, 3.8) is 0 Å². The fourth-order valence-electron chi connectivity index (χ4n) is 3.15. The van der Waals surface area contributed by atoms with E-state index < -0.39 is 19.7 Å². The van der Waals surface area contributed by atoms with Gasteiger partial charge in [0.05, 0.1) is 24.7 Å². The average molecular weight is 435 g/mol. The topological polar surface area (TPSA) is 52.6 Å². The molecule has 0 spiro atoms. The fourth-order valence-corrected chi connectivity index (χ4v) is 4.62. The number of hydrogen-bond donors (Lipinski definition) is 0. The second-order valence-corrected chi connectivity index (χ2v) is 15.4. The van der Waals surface area contributed by atoms with Gasteiger partial charge in [-0.2, -0.15) is 0 Å². The number of ketones is 2. The Bertz CT molecular complexity index is 704. The van der Waals surface area contributed by atoms with Gasteiger partial charge in [0.2, 0.25) is 0 Å². The molecule has 3 atom stereocenters. The molecule has 1 aromatic carbocycles. The molecule has 0 aromatic heterocycles. The lowest BCUT2D eigenvalue weighted by atomic mass is 9.75. The minimum atomic E-state index is -2.12. The molecule has 0 heterocycles. The van der Waals surface area contributed by atoms with Gasteiger partial charge in [0.25, 0.3) is 0 Å². The normalized spacial score (nSPS) is 16.1. The first kappa shape index (κ1) is 26.7. The van der Waals surface area contributed by atoms with Crippen LogP contribution in [-0.4, -0.2) is 32.6 Å². The second kappa shape index (κ2) is 10.3. The Labute approximate surface area is 184 Å². The first-order valence-electron chi connectivity index (χ1n) is 11.0. The van der Waals surface area contributed by atoms with Crippen molar-refractivity contribution in [3.8, 4) is 0 Å². The van der Waals surface area contributed by atoms with Crippen LogP contribution in [0.5, 0.6) is 0 Å². The number of carbonyl (C=O) groups excluding carboxylic acids is 2. The lowest BCUT2D eigenvalue weighted by Crippen LogP contribution is -2.51. The maximum Gasteiger partial charge on any atom is 0.192 e. The molecular weight excluding hydrogens is 392 g/mol. The Morgan fingerprint density at radius 3 is 2.00 bits per heavy atom. The minimum absolute atomic E-state index is 0.0181. The number of rotatable bonds is 11. The summed E-state index contributed by atoms with van der Waals surface area (Å²) in [6.45, 7) is 20.9. The van der Waals surface area contributed by atoms with Crippen LogP contribution in [0.2, 0.25) is 18.1 Å². The molecule has 170 valence electrons. The van der Waals surface area contributed by atoms with Crippen molar-refractivity contribution in [1.82, 2.24) is 0 Å². The highest BCUT2D eigenvalue weighted by Gasteiger charge is 2.45. The maximum atomic E-state index is 13.3. The summed E-state index contributed by atoms with van der Waals surface area (Å²) in [5.41, 5.74) is 0.104. The summed E-state index contributed by atoms with van der Waals surface area (Å²) in [7, 11) is -2.12. The van der Waals surface area contributed by atoms with Crippen LogP contribution in [-0.2, 0) is 25.4 Å². The van der Waals surface area contributed by atoms with Gasteiger partial charge in [-0.3, -0.25) is 9.59 Å². The third-order valence-corrected chi connectivity index (χ3v) is 11.2. The van der Waals surface area contributed by atoms with Gasteiger partial charge in [-0.15, -0.1) is 0 Å². The summed E-state index contributed by atoms with van der Waals surface area (Å²) in [6, 6.07) is 10.1. The highest BCUT2D eigenvalue weighted by atomic mass is 28.4. The minimum Gasteiger partial charge on any atom is -0.413 e. The zero-order valence-electron chi connectivity index (χ0n) is 20.7. The predicted molar refractivity (Wildman–Crippen MR) is 126 cm³/mol. The molecule has 4 nitrogen and oxygen atoms in total. The maximum absolute atomic E-state index is 13.3. The van der Waals surface area contributed by atoms with E-state index in [-0.39, 0.29) is 28.6 Å². The average Bonchev–Trinajstić information content (AvgIpc) is 2.64. The van der Waals surface area contributed by atoms with Crippen LogP contribution in [0.25, 0.3) is 0 Å². The number of benzene rings is 1. The Hall–Kier alpha value is -1.30. The van der Waals surface area contributed by atoms with Gasteiger partial charge in [0, 0.05) is 11.8 Å². The molecule has 0 fully saturated rings. The quantitative estimate of drug-likeness (QED) is 0.314. The molecule has 1 rings (SSSR count). The van der Waals surface area contributed by atoms with Crippen LogP contribution in [0.1, 0.15) is 61.0 Å². The first-order valence-corrected chi connectivity index (χ1v) is 13.9. The van der Waals surface area contributed by atoms with Crippen molar-refractivity contribution in [2.24, 2.45) is 17.3 Å². The number of carbonyl (C=O) groups is 2. The van der Waals surface area contributed by atoms with E-state index in [2.05, 4.69) is 40.8 Å². The van der Waals surface area contributed by atoms with Gasteiger partial charge in [-0.25, -0.2) is 0 Å². The van der Waals surface area contributed by atoms with Crippen molar-refractivity contribution < 1.29 is 18.8 Å². The van der Waals surface area contributed by atoms with Crippen LogP contribution < -0.4 is 0 Å². The van der Waals surface area contributed by atoms with Crippen molar-refractivity contribution in [2.45, 2.75) is 86.2 Å². The first-order chi connectivity index (χ1) is 13.6. The van der Waals surface area contributed by atoms with Gasteiger partial charge >= 0.3 is 0 Å². The molecule has 3 unspecified atom stereocenters. The van der Waals surface area contributed by atoms with Crippen LogP contribution in [0.15, 0.2) is 30.3 Å². The lowest BCUT2D eigenvalue weighted by molar-refractivity contribution is -0.143. The molecule has 0 saturated heterocycles. The summed E-state index contributed by atoms with van der Waals surface area (Å²) < 4.78 is 12.7. The van der Waals surface area contributed by atoms with E-state index in [1.165, 1.54) is 6.92 Å². The molecule has 0 amide bonds. The summed E-state index contributed by atoms with van der Waals surface area (Å²) in [6.07, 6.45) is -0.298. The predicted octanol–water partition coefficient (Wildman–Crippen LogP) is 6.05. The van der Waals surface area contributed by atoms with Crippen LogP contribution >= 0.6 is 0 Å². The van der Waals surface area contributed by atoms with E-state index in [9.17, 15) is 9.59 Å². The fraction of sp³-hybridized carbons (Fsp3) is 0.680. The molecular formula is C25H42O4Si. The lowest BCUT2D eigenvalue weighted by Gasteiger charge is -2.43. The van der Waals surface area contributed by atoms with Crippen LogP contribution in [0, 0.1) is 17.3 Å². The highest BCUT2D eigenvalue weighted by Crippen LogP contribution is 2.40. The molecule has 0 bridgehead atoms. The van der Waals surface area contributed by atoms with Crippen LogP contribution in [0.4, 0.5) is 0 Å². The third kappa shape index (κ3) is 6.86. The van der Waals surface area contributed by atoms with Crippen LogP contribution in [0.3, 0.4) is 0 Å². The molecule has 5 heteroatoms. The van der Waals surface area contributed by atoms with E-state index in [0.29, 0.717) is 13.2 Å². The standard InChI is InChI=1S/C25H42O4Si/c1-18(16-28-17-21-14-12-11-13-15-21)22(29-30(9,10)24(4,5)6)19(2)23(27)25(7,8)20(3)26/h11-15,18-19,22H,16-17H2,1-10H3. The summed E-state index contributed by atoms with van der Waals surface area (Å²) in [5, 5.41) is 0.0225. The Morgan fingerprint density at radius 2 is 1.53 bits per heavy atom. The van der Waals surface area contributed by atoms with Gasteiger partial charge in [0.1, 0.15) is 5.78 Å². The number of Topliss-reactive ketones (excluding diaryl/α,β-unsaturated/α-hetero) is 2. The Kier molecular flexibility index (Phi) is 9.21. The van der Waals surface area contributed by atoms with Crippen molar-refractivity contribution in [2.75, 3.05) is 6.61 Å². The monoisotopic (exact) mass is 434 g/mol. The Morgan fingerprint density at radius 1 is 1.00 bits per heavy atom. The molecule has 0 aliphatic rings. The van der Waals surface area contributed by atoms with Gasteiger partial charge in [-0.05, 0) is 44.5 Å². The molecule has 0 N–H and O–H groups in total. The largest absolute Gasteiger partial charge is 0.413 e.